The van der Waals surface area contributed by atoms with E-state index >= 15 is 0 Å². The summed E-state index contributed by atoms with van der Waals surface area (Å²) in [6.45, 7) is 1.53. The van der Waals surface area contributed by atoms with E-state index in [-0.39, 0.29) is 29.8 Å². The second-order valence-electron chi connectivity index (χ2n) is 14.9. The maximum absolute atomic E-state index is 13.3. The highest BCUT2D eigenvalue weighted by atomic mass is 35.5. The highest BCUT2D eigenvalue weighted by Gasteiger charge is 2.49. The van der Waals surface area contributed by atoms with E-state index in [1.165, 1.54) is 42.0 Å². The first-order valence-corrected chi connectivity index (χ1v) is 20.7. The third-order valence-corrected chi connectivity index (χ3v) is 12.2. The maximum Gasteiger partial charge on any atom is 0.198 e. The van der Waals surface area contributed by atoms with E-state index in [1.54, 1.807) is 35.9 Å². The van der Waals surface area contributed by atoms with E-state index in [4.69, 9.17) is 66.0 Å². The molecule has 14 nitrogen and oxygen atoms in total. The first kappa shape index (κ1) is 42.2. The van der Waals surface area contributed by atoms with Gasteiger partial charge in [-0.15, -0.1) is 10.2 Å². The molecule has 0 amide bonds. The minimum atomic E-state index is -0.658. The van der Waals surface area contributed by atoms with Gasteiger partial charge in [0.2, 0.25) is 0 Å². The number of ether oxygens (including phenoxy) is 2. The van der Waals surface area contributed by atoms with Crippen molar-refractivity contribution in [3.63, 3.8) is 0 Å². The number of pyridine rings is 4. The fraction of sp³-hybridized carbons (Fsp3) is 0.279. The largest absolute Gasteiger partial charge is 0.493 e. The third kappa shape index (κ3) is 8.55. The van der Waals surface area contributed by atoms with E-state index in [2.05, 4.69) is 37.5 Å². The van der Waals surface area contributed by atoms with Crippen molar-refractivity contribution < 1.29 is 23.9 Å². The number of methoxy groups -OCH3 is 2. The van der Waals surface area contributed by atoms with Gasteiger partial charge in [0.05, 0.1) is 39.7 Å². The Hall–Kier alpha value is -5.51. The fourth-order valence-electron chi connectivity index (χ4n) is 6.97. The number of Topliss-reactive ketones (excluding diaryl/α,β-unsaturated/α-hetero) is 2. The van der Waals surface area contributed by atoms with E-state index in [9.17, 15) is 14.4 Å². The van der Waals surface area contributed by atoms with Crippen LogP contribution in [0, 0.1) is 0 Å². The van der Waals surface area contributed by atoms with Gasteiger partial charge < -0.3 is 19.6 Å². The number of hydrogen-bond donors (Lipinski definition) is 1. The molecule has 6 aromatic heterocycles. The average Bonchev–Trinajstić information content (AvgIpc) is 4.15. The Morgan fingerprint density at radius 3 is 1.61 bits per heavy atom. The summed E-state index contributed by atoms with van der Waals surface area (Å²) < 4.78 is 13.8. The number of halogens is 4. The zero-order valence-electron chi connectivity index (χ0n) is 32.9. The summed E-state index contributed by atoms with van der Waals surface area (Å²) in [6.07, 6.45) is 10.1. The molecule has 2 aliphatic rings. The lowest BCUT2D eigenvalue weighted by Crippen LogP contribution is -2.27. The Balaban J connectivity index is 0.000000173. The van der Waals surface area contributed by atoms with Crippen LogP contribution in [0.4, 0.5) is 0 Å². The Labute approximate surface area is 369 Å². The third-order valence-electron chi connectivity index (χ3n) is 10.9. The number of rotatable bonds is 15. The molecule has 1 aromatic carbocycles. The summed E-state index contributed by atoms with van der Waals surface area (Å²) in [5, 5.41) is 14.1. The van der Waals surface area contributed by atoms with Crippen LogP contribution >= 0.6 is 46.4 Å². The summed E-state index contributed by atoms with van der Waals surface area (Å²) in [5.41, 5.74) is 3.05. The van der Waals surface area contributed by atoms with Gasteiger partial charge in [-0.25, -0.2) is 19.0 Å². The van der Waals surface area contributed by atoms with Gasteiger partial charge in [0.25, 0.3) is 0 Å². The minimum Gasteiger partial charge on any atom is -0.493 e. The lowest BCUT2D eigenvalue weighted by atomic mass is 10.1. The van der Waals surface area contributed by atoms with Crippen molar-refractivity contribution in [2.24, 2.45) is 0 Å². The van der Waals surface area contributed by atoms with Crippen LogP contribution in [0.5, 0.6) is 11.5 Å². The van der Waals surface area contributed by atoms with Gasteiger partial charge in [-0.1, -0.05) is 76.7 Å². The van der Waals surface area contributed by atoms with Crippen molar-refractivity contribution in [2.45, 2.75) is 55.9 Å². The van der Waals surface area contributed by atoms with Crippen molar-refractivity contribution in [1.29, 1.82) is 0 Å². The molecule has 0 spiro atoms. The summed E-state index contributed by atoms with van der Waals surface area (Å²) >= 11 is 24.7. The average molecular weight is 902 g/mol. The number of carbonyl (C=O) groups excluding carboxylic acids is 3. The summed E-state index contributed by atoms with van der Waals surface area (Å²) in [6, 6.07) is 17.0. The van der Waals surface area contributed by atoms with Gasteiger partial charge >= 0.3 is 0 Å². The number of hydrogen-bond acceptors (Lipinski definition) is 12. The fourth-order valence-corrected chi connectivity index (χ4v) is 7.97. The lowest BCUT2D eigenvalue weighted by molar-refractivity contribution is -0.110. The molecule has 9 rings (SSSR count). The summed E-state index contributed by atoms with van der Waals surface area (Å²) in [4.78, 5) is 54.7. The highest BCUT2D eigenvalue weighted by Crippen LogP contribution is 2.47. The minimum absolute atomic E-state index is 0.0182. The molecule has 61 heavy (non-hydrogen) atoms. The normalized spacial score (nSPS) is 14.6. The zero-order chi connectivity index (χ0) is 42.9. The maximum atomic E-state index is 13.3. The molecule has 2 saturated carbocycles. The van der Waals surface area contributed by atoms with Gasteiger partial charge in [-0.2, -0.15) is 0 Å². The van der Waals surface area contributed by atoms with Crippen LogP contribution in [0.3, 0.4) is 0 Å². The summed E-state index contributed by atoms with van der Waals surface area (Å²) in [5.74, 6) is 1.72. The van der Waals surface area contributed by atoms with E-state index in [1.807, 2.05) is 18.2 Å². The Bertz CT molecular complexity index is 2770. The SMILES string of the molecule is COc1ccc(C(=O)Cc2c(Cl)cncc2Cl)n2nc(C3(C=O)CC3)nc12.COc1ccc(C(=O)Cc2c(Cl)cncc2Cl)n2nc(C3(CNCc4ccccc4)CC3)nc12. The number of carbonyl (C=O) groups is 3. The second kappa shape index (κ2) is 17.5. The second-order valence-corrected chi connectivity index (χ2v) is 16.6. The van der Waals surface area contributed by atoms with Crippen LogP contribution < -0.4 is 14.8 Å². The van der Waals surface area contributed by atoms with E-state index < -0.39 is 5.41 Å². The lowest BCUT2D eigenvalue weighted by Gasteiger charge is -2.12. The predicted octanol–water partition coefficient (Wildman–Crippen LogP) is 7.78. The molecule has 0 bridgehead atoms. The number of ketones is 2. The molecule has 1 N–H and O–H groups in total. The quantitative estimate of drug-likeness (QED) is 0.0785. The standard InChI is InChI=1S/C25H23Cl2N5O2.C18H14Cl2N4O3/c1-34-22-8-7-20(21(33)11-17-18(26)13-28-14-19(17)27)32-23(22)30-24(31-32)25(9-10-25)15-29-12-16-5-3-2-4-6-16;1-27-15-3-2-13(14(26)6-10-11(19)7-21-8-12(10)20)24-16(15)22-17(23-24)18(9-25)4-5-18/h2-8,13-14,29H,9-12,15H2,1H3;2-3,7-9H,4-6H2,1H3. The van der Waals surface area contributed by atoms with Gasteiger partial charge in [0, 0.05) is 67.3 Å². The molecule has 0 aliphatic heterocycles. The molecular formula is C43H37Cl4N9O5. The molecule has 2 fully saturated rings. The van der Waals surface area contributed by atoms with Gasteiger partial charge in [0.1, 0.15) is 17.7 Å². The smallest absolute Gasteiger partial charge is 0.198 e. The van der Waals surface area contributed by atoms with Gasteiger partial charge in [-0.3, -0.25) is 19.6 Å². The number of nitrogens with one attached hydrogen (secondary N) is 1. The van der Waals surface area contributed by atoms with Crippen LogP contribution in [0.25, 0.3) is 11.3 Å². The van der Waals surface area contributed by atoms with Gasteiger partial charge in [-0.05, 0) is 55.5 Å². The van der Waals surface area contributed by atoms with E-state index in [0.717, 1.165) is 32.2 Å². The predicted molar refractivity (Wildman–Crippen MR) is 230 cm³/mol. The monoisotopic (exact) mass is 899 g/mol. The molecule has 18 heteroatoms. The Kier molecular flexibility index (Phi) is 12.1. The molecule has 0 unspecified atom stereocenters. The van der Waals surface area contributed by atoms with Crippen LogP contribution in [0.2, 0.25) is 20.1 Å². The van der Waals surface area contributed by atoms with Crippen molar-refractivity contribution in [3.05, 3.63) is 139 Å². The number of nitrogens with zero attached hydrogens (tertiary/aromatic N) is 8. The first-order chi connectivity index (χ1) is 29.5. The Morgan fingerprint density at radius 2 is 1.16 bits per heavy atom. The number of aldehydes is 1. The van der Waals surface area contributed by atoms with Crippen LogP contribution in [0.1, 0.15) is 75.0 Å². The summed E-state index contributed by atoms with van der Waals surface area (Å²) in [7, 11) is 3.09. The molecule has 0 saturated heterocycles. The topological polar surface area (TPSA) is 168 Å². The first-order valence-electron chi connectivity index (χ1n) is 19.2. The molecular weight excluding hydrogens is 864 g/mol. The number of benzene rings is 1. The molecule has 2 aliphatic carbocycles. The molecule has 0 atom stereocenters. The van der Waals surface area contributed by atoms with Crippen molar-refractivity contribution in [3.8, 4) is 11.5 Å². The molecule has 312 valence electrons. The molecule has 7 aromatic rings. The van der Waals surface area contributed by atoms with E-state index in [0.29, 0.717) is 89.9 Å². The molecule has 6 heterocycles. The van der Waals surface area contributed by atoms with Crippen molar-refractivity contribution in [1.82, 2.24) is 44.5 Å². The van der Waals surface area contributed by atoms with Gasteiger partial charge in [0.15, 0.2) is 46.0 Å². The van der Waals surface area contributed by atoms with Crippen LogP contribution in [-0.4, -0.2) is 77.8 Å². The Morgan fingerprint density at radius 1 is 0.689 bits per heavy atom. The van der Waals surface area contributed by atoms with Crippen LogP contribution in [-0.2, 0) is 35.0 Å². The molecule has 0 radical (unpaired) electrons. The number of fused-ring (bicyclic) bond motifs is 2. The zero-order valence-corrected chi connectivity index (χ0v) is 35.9. The van der Waals surface area contributed by atoms with Crippen LogP contribution in [0.15, 0.2) is 79.4 Å². The highest BCUT2D eigenvalue weighted by molar-refractivity contribution is 6.36. The van der Waals surface area contributed by atoms with Crippen molar-refractivity contribution in [2.75, 3.05) is 20.8 Å². The van der Waals surface area contributed by atoms with Crippen molar-refractivity contribution >= 4 is 75.6 Å². The number of aromatic nitrogens is 8.